The van der Waals surface area contributed by atoms with E-state index in [0.29, 0.717) is 6.04 Å². The molecule has 1 aliphatic rings. The van der Waals surface area contributed by atoms with Crippen LogP contribution in [0, 0.1) is 0 Å². The van der Waals surface area contributed by atoms with E-state index in [1.54, 1.807) is 0 Å². The van der Waals surface area contributed by atoms with Crippen LogP contribution in [0.3, 0.4) is 0 Å². The number of carbonyl (C=O) groups is 1. The fraction of sp³-hybridized carbons (Fsp3) is 0.786. The van der Waals surface area contributed by atoms with Crippen molar-refractivity contribution in [2.24, 2.45) is 0 Å². The molecule has 1 fully saturated rings. The molecule has 0 spiro atoms. The summed E-state index contributed by atoms with van der Waals surface area (Å²) in [6.45, 7) is 8.07. The van der Waals surface area contributed by atoms with Crippen LogP contribution in [0.1, 0.15) is 52.9 Å². The minimum atomic E-state index is 0.135. The quantitative estimate of drug-likeness (QED) is 0.669. The third-order valence-corrected chi connectivity index (χ3v) is 3.43. The van der Waals surface area contributed by atoms with Crippen molar-refractivity contribution in [3.8, 4) is 0 Å². The van der Waals surface area contributed by atoms with Gasteiger partial charge in [-0.3, -0.25) is 4.79 Å². The Morgan fingerprint density at radius 3 is 2.47 bits per heavy atom. The summed E-state index contributed by atoms with van der Waals surface area (Å²) in [5.41, 5.74) is 2.18. The second kappa shape index (κ2) is 7.49. The van der Waals surface area contributed by atoms with E-state index in [1.165, 1.54) is 18.4 Å². The van der Waals surface area contributed by atoms with Crippen LogP contribution in [0.5, 0.6) is 0 Å². The molecule has 1 rings (SSSR count). The fourth-order valence-corrected chi connectivity index (χ4v) is 2.06. The lowest BCUT2D eigenvalue weighted by Gasteiger charge is -2.23. The van der Waals surface area contributed by atoms with Gasteiger partial charge in [-0.2, -0.15) is 0 Å². The molecular weight excluding hydrogens is 212 g/mol. The summed E-state index contributed by atoms with van der Waals surface area (Å²) < 4.78 is 0. The minimum Gasteiger partial charge on any atom is -0.350 e. The lowest BCUT2D eigenvalue weighted by Crippen LogP contribution is -2.40. The molecule has 1 aliphatic heterocycles. The second-order valence-corrected chi connectivity index (χ2v) is 4.93. The number of amides is 1. The van der Waals surface area contributed by atoms with Gasteiger partial charge < -0.3 is 10.6 Å². The van der Waals surface area contributed by atoms with Crippen molar-refractivity contribution in [3.05, 3.63) is 11.1 Å². The highest BCUT2D eigenvalue weighted by Gasteiger charge is 2.18. The van der Waals surface area contributed by atoms with Crippen LogP contribution in [0.25, 0.3) is 0 Å². The zero-order chi connectivity index (χ0) is 12.7. The van der Waals surface area contributed by atoms with Crippen molar-refractivity contribution >= 4 is 5.91 Å². The predicted molar refractivity (Wildman–Crippen MR) is 71.9 cm³/mol. The molecule has 0 aliphatic carbocycles. The molecule has 1 saturated heterocycles. The molecule has 0 saturated carbocycles. The van der Waals surface area contributed by atoms with E-state index in [1.807, 2.05) is 6.92 Å². The van der Waals surface area contributed by atoms with Crippen LogP contribution in [0.15, 0.2) is 11.1 Å². The van der Waals surface area contributed by atoms with E-state index in [0.717, 1.165) is 37.9 Å². The molecule has 2 N–H and O–H groups in total. The van der Waals surface area contributed by atoms with Gasteiger partial charge in [-0.15, -0.1) is 0 Å². The molecule has 1 heterocycles. The molecular formula is C14H26N2O. The van der Waals surface area contributed by atoms with Crippen LogP contribution < -0.4 is 10.6 Å². The maximum absolute atomic E-state index is 12.0. The normalized spacial score (nSPS) is 16.3. The first-order valence-corrected chi connectivity index (χ1v) is 6.89. The monoisotopic (exact) mass is 238 g/mol. The zero-order valence-electron chi connectivity index (χ0n) is 11.4. The molecule has 0 aromatic rings. The molecule has 0 aromatic carbocycles. The maximum atomic E-state index is 12.0. The molecule has 1 atom stereocenters. The van der Waals surface area contributed by atoms with Crippen LogP contribution in [0.4, 0.5) is 0 Å². The van der Waals surface area contributed by atoms with Crippen LogP contribution in [-0.4, -0.2) is 25.0 Å². The summed E-state index contributed by atoms with van der Waals surface area (Å²) >= 11 is 0. The fourth-order valence-electron chi connectivity index (χ4n) is 2.06. The van der Waals surface area contributed by atoms with Gasteiger partial charge in [-0.1, -0.05) is 33.1 Å². The standard InChI is InChI=1S/C14H26N2O/c1-4-6-8-13(7-5-2)16-14(17)11(3)12-9-15-10-12/h13,15H,4-10H2,1-3H3,(H,16,17). The lowest BCUT2D eigenvalue weighted by atomic mass is 10.0. The van der Waals surface area contributed by atoms with Crippen molar-refractivity contribution in [2.75, 3.05) is 13.1 Å². The summed E-state index contributed by atoms with van der Waals surface area (Å²) in [5.74, 6) is 0.135. The van der Waals surface area contributed by atoms with Gasteiger partial charge in [0.2, 0.25) is 5.91 Å². The summed E-state index contributed by atoms with van der Waals surface area (Å²) in [4.78, 5) is 12.0. The summed E-state index contributed by atoms with van der Waals surface area (Å²) in [7, 11) is 0. The van der Waals surface area contributed by atoms with Gasteiger partial charge in [-0.05, 0) is 25.3 Å². The van der Waals surface area contributed by atoms with Crippen LogP contribution in [0.2, 0.25) is 0 Å². The van der Waals surface area contributed by atoms with Gasteiger partial charge in [0, 0.05) is 24.7 Å². The van der Waals surface area contributed by atoms with E-state index in [4.69, 9.17) is 0 Å². The van der Waals surface area contributed by atoms with Gasteiger partial charge >= 0.3 is 0 Å². The first kappa shape index (κ1) is 14.2. The highest BCUT2D eigenvalue weighted by molar-refractivity contribution is 5.94. The summed E-state index contributed by atoms with van der Waals surface area (Å²) in [5, 5.41) is 6.35. The van der Waals surface area contributed by atoms with E-state index in [-0.39, 0.29) is 5.91 Å². The molecule has 3 nitrogen and oxygen atoms in total. The van der Waals surface area contributed by atoms with Crippen molar-refractivity contribution < 1.29 is 4.79 Å². The van der Waals surface area contributed by atoms with Crippen molar-refractivity contribution in [1.29, 1.82) is 0 Å². The number of nitrogens with one attached hydrogen (secondary N) is 2. The second-order valence-electron chi connectivity index (χ2n) is 4.93. The van der Waals surface area contributed by atoms with Gasteiger partial charge in [0.05, 0.1) is 0 Å². The lowest BCUT2D eigenvalue weighted by molar-refractivity contribution is -0.118. The van der Waals surface area contributed by atoms with Gasteiger partial charge in [-0.25, -0.2) is 0 Å². The third kappa shape index (κ3) is 4.50. The third-order valence-electron chi connectivity index (χ3n) is 3.43. The zero-order valence-corrected chi connectivity index (χ0v) is 11.4. The highest BCUT2D eigenvalue weighted by Crippen LogP contribution is 2.11. The number of hydrogen-bond donors (Lipinski definition) is 2. The van der Waals surface area contributed by atoms with E-state index < -0.39 is 0 Å². The Morgan fingerprint density at radius 1 is 1.29 bits per heavy atom. The minimum absolute atomic E-state index is 0.135. The number of carbonyl (C=O) groups excluding carboxylic acids is 1. The molecule has 17 heavy (non-hydrogen) atoms. The van der Waals surface area contributed by atoms with Gasteiger partial charge in [0.25, 0.3) is 0 Å². The number of unbranched alkanes of at least 4 members (excludes halogenated alkanes) is 1. The Balaban J connectivity index is 2.45. The number of hydrogen-bond acceptors (Lipinski definition) is 2. The van der Waals surface area contributed by atoms with Crippen molar-refractivity contribution in [2.45, 2.75) is 58.9 Å². The SMILES string of the molecule is CCCCC(CCC)NC(=O)C(C)=C1CNC1. The average Bonchev–Trinajstić information content (AvgIpc) is 2.23. The summed E-state index contributed by atoms with van der Waals surface area (Å²) in [6, 6.07) is 0.357. The van der Waals surface area contributed by atoms with Crippen molar-refractivity contribution in [3.63, 3.8) is 0 Å². The smallest absolute Gasteiger partial charge is 0.247 e. The van der Waals surface area contributed by atoms with Crippen LogP contribution in [-0.2, 0) is 4.79 Å². The van der Waals surface area contributed by atoms with Crippen molar-refractivity contribution in [1.82, 2.24) is 10.6 Å². The van der Waals surface area contributed by atoms with E-state index in [9.17, 15) is 4.79 Å². The molecule has 0 radical (unpaired) electrons. The van der Waals surface area contributed by atoms with Crippen LogP contribution >= 0.6 is 0 Å². The molecule has 0 aromatic heterocycles. The molecule has 0 bridgehead atoms. The predicted octanol–water partition coefficient (Wildman–Crippen LogP) is 2.38. The Labute approximate surface area is 105 Å². The largest absolute Gasteiger partial charge is 0.350 e. The molecule has 1 unspecified atom stereocenters. The highest BCUT2D eigenvalue weighted by atomic mass is 16.1. The first-order valence-electron chi connectivity index (χ1n) is 6.89. The Kier molecular flexibility index (Phi) is 6.27. The topological polar surface area (TPSA) is 41.1 Å². The first-order chi connectivity index (χ1) is 8.19. The maximum Gasteiger partial charge on any atom is 0.247 e. The van der Waals surface area contributed by atoms with E-state index >= 15 is 0 Å². The Morgan fingerprint density at radius 2 is 2.00 bits per heavy atom. The Hall–Kier alpha value is -0.830. The average molecular weight is 238 g/mol. The molecule has 98 valence electrons. The summed E-state index contributed by atoms with van der Waals surface area (Å²) in [6.07, 6.45) is 5.72. The molecule has 1 amide bonds. The van der Waals surface area contributed by atoms with Gasteiger partial charge in [0.15, 0.2) is 0 Å². The number of rotatable bonds is 7. The molecule has 3 heteroatoms. The van der Waals surface area contributed by atoms with Gasteiger partial charge in [0.1, 0.15) is 0 Å². The van der Waals surface area contributed by atoms with E-state index in [2.05, 4.69) is 24.5 Å². The Bertz CT molecular complexity index is 278.